The van der Waals surface area contributed by atoms with Crippen LogP contribution in [0.3, 0.4) is 0 Å². The molecule has 0 radical (unpaired) electrons. The first-order valence-electron chi connectivity index (χ1n) is 4.80. The zero-order chi connectivity index (χ0) is 10.4. The number of aliphatic hydroxyl groups is 1. The monoisotopic (exact) mass is 197 g/mol. The number of aryl methyl sites for hydroxylation is 1. The van der Waals surface area contributed by atoms with E-state index in [1.807, 2.05) is 13.0 Å². The van der Waals surface area contributed by atoms with Crippen LogP contribution in [-0.2, 0) is 6.42 Å². The Kier molecular flexibility index (Phi) is 4.56. The molecular weight excluding hydrogens is 181 g/mol. The maximum atomic E-state index is 12.7. The van der Waals surface area contributed by atoms with Gasteiger partial charge in [-0.3, -0.25) is 0 Å². The Morgan fingerprint density at radius 3 is 2.79 bits per heavy atom. The van der Waals surface area contributed by atoms with Crippen molar-refractivity contribution in [3.63, 3.8) is 0 Å². The minimum absolute atomic E-state index is 0.155. The molecule has 0 heterocycles. The van der Waals surface area contributed by atoms with Crippen LogP contribution in [0, 0.1) is 12.7 Å². The predicted molar refractivity (Wildman–Crippen MR) is 54.8 cm³/mol. The summed E-state index contributed by atoms with van der Waals surface area (Å²) in [6.45, 7) is 3.49. The van der Waals surface area contributed by atoms with Gasteiger partial charge < -0.3 is 10.4 Å². The van der Waals surface area contributed by atoms with Crippen molar-refractivity contribution in [1.29, 1.82) is 0 Å². The topological polar surface area (TPSA) is 32.3 Å². The van der Waals surface area contributed by atoms with Crippen molar-refractivity contribution < 1.29 is 9.50 Å². The number of halogens is 1. The van der Waals surface area contributed by atoms with Gasteiger partial charge in [-0.15, -0.1) is 0 Å². The van der Waals surface area contributed by atoms with Gasteiger partial charge in [0.25, 0.3) is 0 Å². The summed E-state index contributed by atoms with van der Waals surface area (Å²) in [6, 6.07) is 4.83. The van der Waals surface area contributed by atoms with Gasteiger partial charge >= 0.3 is 0 Å². The van der Waals surface area contributed by atoms with Crippen molar-refractivity contribution in [1.82, 2.24) is 5.32 Å². The molecule has 0 amide bonds. The second kappa shape index (κ2) is 5.73. The number of nitrogens with one attached hydrogen (secondary N) is 1. The summed E-state index contributed by atoms with van der Waals surface area (Å²) in [6.07, 6.45) is 0.867. The van der Waals surface area contributed by atoms with Crippen LogP contribution < -0.4 is 5.32 Å². The lowest BCUT2D eigenvalue weighted by Crippen LogP contribution is -2.21. The molecule has 14 heavy (non-hydrogen) atoms. The molecule has 1 aromatic carbocycles. The number of benzene rings is 1. The van der Waals surface area contributed by atoms with E-state index in [1.54, 1.807) is 6.07 Å². The molecule has 0 bridgehead atoms. The lowest BCUT2D eigenvalue weighted by atomic mass is 10.1. The highest BCUT2D eigenvalue weighted by Gasteiger charge is 1.99. The Morgan fingerprint density at radius 2 is 2.14 bits per heavy atom. The third kappa shape index (κ3) is 3.44. The summed E-state index contributed by atoms with van der Waals surface area (Å²) < 4.78 is 12.7. The summed E-state index contributed by atoms with van der Waals surface area (Å²) in [5.74, 6) is -0.186. The van der Waals surface area contributed by atoms with Crippen LogP contribution in [0.2, 0.25) is 0 Å². The maximum absolute atomic E-state index is 12.7. The smallest absolute Gasteiger partial charge is 0.123 e. The van der Waals surface area contributed by atoms with Crippen molar-refractivity contribution in [3.05, 3.63) is 35.1 Å². The van der Waals surface area contributed by atoms with Crippen molar-refractivity contribution in [2.24, 2.45) is 0 Å². The molecule has 78 valence electrons. The van der Waals surface area contributed by atoms with Crippen LogP contribution in [0.25, 0.3) is 0 Å². The van der Waals surface area contributed by atoms with E-state index in [0.29, 0.717) is 6.54 Å². The highest BCUT2D eigenvalue weighted by molar-refractivity contribution is 5.26. The lowest BCUT2D eigenvalue weighted by molar-refractivity contribution is 0.293. The first-order chi connectivity index (χ1) is 6.74. The van der Waals surface area contributed by atoms with Crippen molar-refractivity contribution in [2.45, 2.75) is 13.3 Å². The second-order valence-electron chi connectivity index (χ2n) is 3.29. The van der Waals surface area contributed by atoms with Crippen molar-refractivity contribution >= 4 is 0 Å². The SMILES string of the molecule is Cc1cc(F)ccc1CCNCCO. The molecule has 0 aliphatic heterocycles. The van der Waals surface area contributed by atoms with Crippen LogP contribution in [0.1, 0.15) is 11.1 Å². The van der Waals surface area contributed by atoms with Gasteiger partial charge in [0.1, 0.15) is 5.82 Å². The predicted octanol–water partition coefficient (Wildman–Crippen LogP) is 1.26. The average molecular weight is 197 g/mol. The van der Waals surface area contributed by atoms with Gasteiger partial charge in [-0.25, -0.2) is 4.39 Å². The molecule has 0 fully saturated rings. The van der Waals surface area contributed by atoms with Gasteiger partial charge in [0.2, 0.25) is 0 Å². The van der Waals surface area contributed by atoms with E-state index < -0.39 is 0 Å². The molecule has 0 unspecified atom stereocenters. The fourth-order valence-electron chi connectivity index (χ4n) is 1.37. The van der Waals surface area contributed by atoms with Gasteiger partial charge in [-0.1, -0.05) is 6.07 Å². The molecular formula is C11H16FNO. The largest absolute Gasteiger partial charge is 0.395 e. The Balaban J connectivity index is 2.42. The van der Waals surface area contributed by atoms with Crippen LogP contribution in [0.5, 0.6) is 0 Å². The summed E-state index contributed by atoms with van der Waals surface area (Å²) in [5, 5.41) is 11.6. The number of hydrogen-bond acceptors (Lipinski definition) is 2. The van der Waals surface area contributed by atoms with Crippen LogP contribution >= 0.6 is 0 Å². The van der Waals surface area contributed by atoms with Gasteiger partial charge in [0.05, 0.1) is 6.61 Å². The van der Waals surface area contributed by atoms with Crippen molar-refractivity contribution in [3.8, 4) is 0 Å². The van der Waals surface area contributed by atoms with E-state index in [2.05, 4.69) is 5.32 Å². The number of aliphatic hydroxyl groups excluding tert-OH is 1. The molecule has 0 saturated carbocycles. The molecule has 3 heteroatoms. The van der Waals surface area contributed by atoms with E-state index in [4.69, 9.17) is 5.11 Å². The first-order valence-corrected chi connectivity index (χ1v) is 4.80. The van der Waals surface area contributed by atoms with Crippen LogP contribution in [-0.4, -0.2) is 24.8 Å². The molecule has 0 aliphatic rings. The summed E-state index contributed by atoms with van der Waals surface area (Å²) in [7, 11) is 0. The Bertz CT molecular complexity index is 289. The standard InChI is InChI=1S/C11H16FNO/c1-9-8-11(12)3-2-10(9)4-5-13-6-7-14/h2-3,8,13-14H,4-7H2,1H3. The summed E-state index contributed by atoms with van der Waals surface area (Å²) in [5.41, 5.74) is 2.13. The molecule has 0 atom stereocenters. The summed E-state index contributed by atoms with van der Waals surface area (Å²) in [4.78, 5) is 0. The molecule has 2 nitrogen and oxygen atoms in total. The molecule has 0 aromatic heterocycles. The van der Waals surface area contributed by atoms with Gasteiger partial charge in [-0.05, 0) is 43.1 Å². The van der Waals surface area contributed by atoms with Gasteiger partial charge in [0.15, 0.2) is 0 Å². The van der Waals surface area contributed by atoms with E-state index in [1.165, 1.54) is 6.07 Å². The highest BCUT2D eigenvalue weighted by atomic mass is 19.1. The van der Waals surface area contributed by atoms with Crippen molar-refractivity contribution in [2.75, 3.05) is 19.7 Å². The van der Waals surface area contributed by atoms with Gasteiger partial charge in [-0.2, -0.15) is 0 Å². The van der Waals surface area contributed by atoms with Gasteiger partial charge in [0, 0.05) is 6.54 Å². The third-order valence-corrected chi connectivity index (χ3v) is 2.16. The molecule has 1 aromatic rings. The molecule has 1 rings (SSSR count). The first kappa shape index (κ1) is 11.1. The van der Waals surface area contributed by atoms with E-state index >= 15 is 0 Å². The fourth-order valence-corrected chi connectivity index (χ4v) is 1.37. The Labute approximate surface area is 83.8 Å². The van der Waals surface area contributed by atoms with Crippen LogP contribution in [0.4, 0.5) is 4.39 Å². The summed E-state index contributed by atoms with van der Waals surface area (Å²) >= 11 is 0. The van der Waals surface area contributed by atoms with E-state index in [-0.39, 0.29) is 12.4 Å². The Morgan fingerprint density at radius 1 is 1.36 bits per heavy atom. The molecule has 0 saturated heterocycles. The maximum Gasteiger partial charge on any atom is 0.123 e. The molecule has 0 aliphatic carbocycles. The van der Waals surface area contributed by atoms with E-state index in [0.717, 1.165) is 24.1 Å². The number of hydrogen-bond donors (Lipinski definition) is 2. The third-order valence-electron chi connectivity index (χ3n) is 2.16. The zero-order valence-electron chi connectivity index (χ0n) is 8.39. The lowest BCUT2D eigenvalue weighted by Gasteiger charge is -2.06. The molecule has 0 spiro atoms. The minimum atomic E-state index is -0.186. The highest BCUT2D eigenvalue weighted by Crippen LogP contribution is 2.10. The zero-order valence-corrected chi connectivity index (χ0v) is 8.39. The average Bonchev–Trinajstić information content (AvgIpc) is 2.15. The Hall–Kier alpha value is -0.930. The van der Waals surface area contributed by atoms with Crippen LogP contribution in [0.15, 0.2) is 18.2 Å². The fraction of sp³-hybridized carbons (Fsp3) is 0.455. The second-order valence-corrected chi connectivity index (χ2v) is 3.29. The minimum Gasteiger partial charge on any atom is -0.395 e. The van der Waals surface area contributed by atoms with E-state index in [9.17, 15) is 4.39 Å². The quantitative estimate of drug-likeness (QED) is 0.696. The normalized spacial score (nSPS) is 10.5. The molecule has 2 N–H and O–H groups in total. The number of rotatable bonds is 5.